The number of aryl methyl sites for hydroxylation is 2. The third-order valence-corrected chi connectivity index (χ3v) is 4.84. The second-order valence-corrected chi connectivity index (χ2v) is 7.02. The zero-order valence-corrected chi connectivity index (χ0v) is 16.8. The van der Waals surface area contributed by atoms with Crippen molar-refractivity contribution in [2.45, 2.75) is 20.3 Å². The molecule has 3 aromatic rings. The van der Waals surface area contributed by atoms with Crippen molar-refractivity contribution in [2.24, 2.45) is 0 Å². The Morgan fingerprint density at radius 3 is 2.45 bits per heavy atom. The highest BCUT2D eigenvalue weighted by atomic mass is 16.2. The number of benzene rings is 1. The first-order valence-corrected chi connectivity index (χ1v) is 9.43. The summed E-state index contributed by atoms with van der Waals surface area (Å²) in [5, 5.41) is 2.84. The van der Waals surface area contributed by atoms with E-state index in [0.717, 1.165) is 23.1 Å². The number of hydrogen-bond donors (Lipinski definition) is 1. The van der Waals surface area contributed by atoms with Gasteiger partial charge in [0.2, 0.25) is 0 Å². The molecule has 1 aromatic carbocycles. The van der Waals surface area contributed by atoms with Gasteiger partial charge in [0.15, 0.2) is 0 Å². The minimum absolute atomic E-state index is 0.151. The number of hydrogen-bond acceptors (Lipinski definition) is 4. The standard InChI is InChI=1S/C23H24N4O2/c1-16-4-5-20(14-17(16)2)26-22(28)21-15-19(8-12-25-21)23(29)27(3)13-9-18-6-10-24-11-7-18/h4-8,10-12,14-15H,9,13H2,1-3H3,(H,26,28). The Morgan fingerprint density at radius 1 is 0.966 bits per heavy atom. The summed E-state index contributed by atoms with van der Waals surface area (Å²) in [6.07, 6.45) is 5.69. The van der Waals surface area contributed by atoms with Crippen molar-refractivity contribution in [2.75, 3.05) is 18.9 Å². The summed E-state index contributed by atoms with van der Waals surface area (Å²) in [5.74, 6) is -0.496. The number of nitrogens with one attached hydrogen (secondary N) is 1. The Labute approximate surface area is 170 Å². The zero-order valence-electron chi connectivity index (χ0n) is 16.8. The average Bonchev–Trinajstić information content (AvgIpc) is 2.75. The molecule has 2 heterocycles. The van der Waals surface area contributed by atoms with Crippen molar-refractivity contribution in [3.63, 3.8) is 0 Å². The Balaban J connectivity index is 1.66. The lowest BCUT2D eigenvalue weighted by Gasteiger charge is -2.17. The highest BCUT2D eigenvalue weighted by Crippen LogP contribution is 2.15. The van der Waals surface area contributed by atoms with E-state index >= 15 is 0 Å². The number of nitrogens with zero attached hydrogens (tertiary/aromatic N) is 3. The first-order chi connectivity index (χ1) is 13.9. The molecule has 0 aliphatic carbocycles. The van der Waals surface area contributed by atoms with Gasteiger partial charge in [-0.1, -0.05) is 6.07 Å². The van der Waals surface area contributed by atoms with Crippen LogP contribution in [0.15, 0.2) is 61.1 Å². The molecule has 0 aliphatic heterocycles. The molecule has 0 aliphatic rings. The quantitative estimate of drug-likeness (QED) is 0.699. The maximum Gasteiger partial charge on any atom is 0.274 e. The predicted octanol–water partition coefficient (Wildman–Crippen LogP) is 3.66. The zero-order chi connectivity index (χ0) is 20.8. The monoisotopic (exact) mass is 388 g/mol. The summed E-state index contributed by atoms with van der Waals surface area (Å²) >= 11 is 0. The molecule has 0 saturated heterocycles. The molecule has 6 nitrogen and oxygen atoms in total. The maximum atomic E-state index is 12.7. The lowest BCUT2D eigenvalue weighted by Crippen LogP contribution is -2.29. The van der Waals surface area contributed by atoms with Gasteiger partial charge in [-0.15, -0.1) is 0 Å². The molecule has 2 amide bonds. The van der Waals surface area contributed by atoms with Gasteiger partial charge in [-0.25, -0.2) is 0 Å². The number of pyridine rings is 2. The predicted molar refractivity (Wildman–Crippen MR) is 113 cm³/mol. The van der Waals surface area contributed by atoms with Crippen LogP contribution in [0.1, 0.15) is 37.5 Å². The molecular formula is C23H24N4O2. The second kappa shape index (κ2) is 9.10. The Kier molecular flexibility index (Phi) is 6.34. The molecule has 29 heavy (non-hydrogen) atoms. The molecule has 0 spiro atoms. The van der Waals surface area contributed by atoms with E-state index in [-0.39, 0.29) is 17.5 Å². The van der Waals surface area contributed by atoms with Crippen molar-refractivity contribution in [1.82, 2.24) is 14.9 Å². The van der Waals surface area contributed by atoms with Crippen molar-refractivity contribution < 1.29 is 9.59 Å². The molecule has 2 aromatic heterocycles. The van der Waals surface area contributed by atoms with E-state index in [1.807, 2.05) is 44.2 Å². The highest BCUT2D eigenvalue weighted by molar-refractivity contribution is 6.04. The first-order valence-electron chi connectivity index (χ1n) is 9.43. The van der Waals surface area contributed by atoms with Crippen LogP contribution in [0.3, 0.4) is 0 Å². The van der Waals surface area contributed by atoms with Gasteiger partial charge >= 0.3 is 0 Å². The molecule has 148 valence electrons. The molecule has 0 fully saturated rings. The van der Waals surface area contributed by atoms with Gasteiger partial charge in [0, 0.05) is 43.4 Å². The Morgan fingerprint density at radius 2 is 1.72 bits per heavy atom. The Bertz CT molecular complexity index is 1020. The van der Waals surface area contributed by atoms with Crippen LogP contribution in [0.2, 0.25) is 0 Å². The number of amides is 2. The number of carbonyl (C=O) groups is 2. The van der Waals surface area contributed by atoms with E-state index in [9.17, 15) is 9.59 Å². The SMILES string of the molecule is Cc1ccc(NC(=O)c2cc(C(=O)N(C)CCc3ccncc3)ccn2)cc1C. The van der Waals surface area contributed by atoms with Gasteiger partial charge in [-0.05, 0) is 73.4 Å². The highest BCUT2D eigenvalue weighted by Gasteiger charge is 2.15. The van der Waals surface area contributed by atoms with E-state index in [0.29, 0.717) is 17.8 Å². The van der Waals surface area contributed by atoms with Crippen LogP contribution >= 0.6 is 0 Å². The smallest absolute Gasteiger partial charge is 0.274 e. The topological polar surface area (TPSA) is 75.2 Å². The van der Waals surface area contributed by atoms with Gasteiger partial charge in [0.25, 0.3) is 11.8 Å². The van der Waals surface area contributed by atoms with Crippen LogP contribution in [0.5, 0.6) is 0 Å². The average molecular weight is 388 g/mol. The van der Waals surface area contributed by atoms with Crippen LogP contribution in [0.25, 0.3) is 0 Å². The van der Waals surface area contributed by atoms with E-state index in [4.69, 9.17) is 0 Å². The van der Waals surface area contributed by atoms with Crippen LogP contribution in [-0.4, -0.2) is 40.3 Å². The van der Waals surface area contributed by atoms with Gasteiger partial charge < -0.3 is 10.2 Å². The molecule has 0 saturated carbocycles. The Hall–Kier alpha value is -3.54. The fourth-order valence-electron chi connectivity index (χ4n) is 2.87. The van der Waals surface area contributed by atoms with E-state index in [1.54, 1.807) is 30.4 Å². The van der Waals surface area contributed by atoms with E-state index in [2.05, 4.69) is 15.3 Å². The second-order valence-electron chi connectivity index (χ2n) is 7.02. The molecule has 1 N–H and O–H groups in total. The minimum Gasteiger partial charge on any atom is -0.341 e. The summed E-state index contributed by atoms with van der Waals surface area (Å²) in [4.78, 5) is 35.1. The van der Waals surface area contributed by atoms with Gasteiger partial charge in [-0.2, -0.15) is 0 Å². The largest absolute Gasteiger partial charge is 0.341 e. The van der Waals surface area contributed by atoms with E-state index in [1.165, 1.54) is 12.3 Å². The summed E-state index contributed by atoms with van der Waals surface area (Å²) < 4.78 is 0. The third kappa shape index (κ3) is 5.25. The molecule has 3 rings (SSSR count). The number of aromatic nitrogens is 2. The lowest BCUT2D eigenvalue weighted by molar-refractivity contribution is 0.0796. The van der Waals surface area contributed by atoms with Crippen molar-refractivity contribution in [1.29, 1.82) is 0 Å². The third-order valence-electron chi connectivity index (χ3n) is 4.84. The maximum absolute atomic E-state index is 12.7. The van der Waals surface area contributed by atoms with E-state index < -0.39 is 0 Å². The van der Waals surface area contributed by atoms with Crippen LogP contribution < -0.4 is 5.32 Å². The van der Waals surface area contributed by atoms with Gasteiger partial charge in [0.1, 0.15) is 5.69 Å². The number of likely N-dealkylation sites (N-methyl/N-ethyl adjacent to an activating group) is 1. The lowest BCUT2D eigenvalue weighted by atomic mass is 10.1. The molecule has 0 atom stereocenters. The molecule has 0 bridgehead atoms. The number of rotatable bonds is 6. The van der Waals surface area contributed by atoms with Crippen molar-refractivity contribution >= 4 is 17.5 Å². The molecular weight excluding hydrogens is 364 g/mol. The fourth-order valence-corrected chi connectivity index (χ4v) is 2.87. The molecule has 0 unspecified atom stereocenters. The first kappa shape index (κ1) is 20.2. The fraction of sp³-hybridized carbons (Fsp3) is 0.217. The van der Waals surface area contributed by atoms with Gasteiger partial charge in [0.05, 0.1) is 0 Å². The summed E-state index contributed by atoms with van der Waals surface area (Å²) in [6, 6.07) is 12.7. The van der Waals surface area contributed by atoms with Crippen molar-refractivity contribution in [3.05, 3.63) is 89.0 Å². The number of carbonyl (C=O) groups excluding carboxylic acids is 2. The summed E-state index contributed by atoms with van der Waals surface area (Å²) in [5.41, 5.74) is 4.70. The summed E-state index contributed by atoms with van der Waals surface area (Å²) in [6.45, 7) is 4.57. The van der Waals surface area contributed by atoms with Crippen LogP contribution in [0, 0.1) is 13.8 Å². The molecule has 6 heteroatoms. The van der Waals surface area contributed by atoms with Crippen LogP contribution in [0.4, 0.5) is 5.69 Å². The number of anilines is 1. The van der Waals surface area contributed by atoms with Gasteiger partial charge in [-0.3, -0.25) is 19.6 Å². The normalized spacial score (nSPS) is 10.4. The van der Waals surface area contributed by atoms with Crippen LogP contribution in [-0.2, 0) is 6.42 Å². The minimum atomic E-state index is -0.345. The molecule has 0 radical (unpaired) electrons. The summed E-state index contributed by atoms with van der Waals surface area (Å²) in [7, 11) is 1.75. The van der Waals surface area contributed by atoms with Crippen molar-refractivity contribution in [3.8, 4) is 0 Å².